The number of hydrogen-bond acceptors (Lipinski definition) is 5. The minimum Gasteiger partial charge on any atom is -0.469 e. The molecule has 1 atom stereocenters. The van der Waals surface area contributed by atoms with Gasteiger partial charge in [0.1, 0.15) is 10.0 Å². The number of methoxy groups -OCH3 is 1. The van der Waals surface area contributed by atoms with Gasteiger partial charge >= 0.3 is 5.97 Å². The van der Waals surface area contributed by atoms with Crippen LogP contribution in [-0.2, 0) is 19.6 Å². The zero-order valence-electron chi connectivity index (χ0n) is 10.2. The van der Waals surface area contributed by atoms with Gasteiger partial charge in [-0.3, -0.25) is 4.79 Å². The second kappa shape index (κ2) is 5.44. The molecule has 0 saturated carbocycles. The molecular weight excluding hydrogens is 292 g/mol. The van der Waals surface area contributed by atoms with Crippen molar-refractivity contribution in [1.29, 1.82) is 0 Å². The van der Waals surface area contributed by atoms with Crippen molar-refractivity contribution in [2.45, 2.75) is 11.3 Å². The van der Waals surface area contributed by atoms with E-state index in [9.17, 15) is 13.2 Å². The average molecular weight is 305 g/mol. The molecule has 1 saturated heterocycles. The molecule has 0 N–H and O–H groups in total. The zero-order chi connectivity index (χ0) is 14.0. The molecule has 0 aromatic carbocycles. The summed E-state index contributed by atoms with van der Waals surface area (Å²) in [4.78, 5) is 15.1. The number of esters is 1. The minimum atomic E-state index is -3.71. The molecule has 2 rings (SSSR count). The van der Waals surface area contributed by atoms with Gasteiger partial charge in [-0.2, -0.15) is 4.31 Å². The number of sulfonamides is 1. The van der Waals surface area contributed by atoms with Crippen LogP contribution in [0.3, 0.4) is 0 Å². The van der Waals surface area contributed by atoms with Gasteiger partial charge in [0.2, 0.25) is 10.0 Å². The molecule has 0 amide bonds. The van der Waals surface area contributed by atoms with Crippen molar-refractivity contribution in [2.24, 2.45) is 5.92 Å². The Bertz CT molecular complexity index is 590. The van der Waals surface area contributed by atoms with Crippen LogP contribution >= 0.6 is 11.6 Å². The van der Waals surface area contributed by atoms with Crippen LogP contribution in [0.2, 0.25) is 5.15 Å². The van der Waals surface area contributed by atoms with E-state index in [4.69, 9.17) is 11.6 Å². The van der Waals surface area contributed by atoms with E-state index in [1.54, 1.807) is 0 Å². The highest BCUT2D eigenvalue weighted by Crippen LogP contribution is 2.27. The summed E-state index contributed by atoms with van der Waals surface area (Å²) < 4.78 is 30.6. The molecule has 0 bridgehead atoms. The Morgan fingerprint density at radius 1 is 1.58 bits per heavy atom. The molecule has 0 aliphatic carbocycles. The van der Waals surface area contributed by atoms with Crippen molar-refractivity contribution >= 4 is 27.6 Å². The SMILES string of the molecule is COC(=O)C1CCN(S(=O)(=O)c2cccnc2Cl)C1. The van der Waals surface area contributed by atoms with Crippen LogP contribution in [0.4, 0.5) is 0 Å². The van der Waals surface area contributed by atoms with Crippen molar-refractivity contribution in [2.75, 3.05) is 20.2 Å². The maximum Gasteiger partial charge on any atom is 0.310 e. The van der Waals surface area contributed by atoms with E-state index in [0.29, 0.717) is 6.42 Å². The highest BCUT2D eigenvalue weighted by molar-refractivity contribution is 7.89. The summed E-state index contributed by atoms with van der Waals surface area (Å²) in [5.74, 6) is -0.815. The van der Waals surface area contributed by atoms with Crippen LogP contribution in [0.15, 0.2) is 23.2 Å². The fourth-order valence-electron chi connectivity index (χ4n) is 2.01. The smallest absolute Gasteiger partial charge is 0.310 e. The summed E-state index contributed by atoms with van der Waals surface area (Å²) >= 11 is 5.80. The number of pyridine rings is 1. The summed E-state index contributed by atoms with van der Waals surface area (Å²) in [6, 6.07) is 2.91. The molecule has 1 fully saturated rings. The fraction of sp³-hybridized carbons (Fsp3) is 0.455. The molecular formula is C11H13ClN2O4S. The lowest BCUT2D eigenvalue weighted by molar-refractivity contribution is -0.144. The third-order valence-corrected chi connectivity index (χ3v) is 5.34. The first-order valence-electron chi connectivity index (χ1n) is 5.65. The van der Waals surface area contributed by atoms with E-state index in [1.807, 2.05) is 0 Å². The molecule has 1 aromatic rings. The van der Waals surface area contributed by atoms with E-state index < -0.39 is 21.9 Å². The van der Waals surface area contributed by atoms with Crippen molar-refractivity contribution in [3.63, 3.8) is 0 Å². The Labute approximate surface area is 116 Å². The van der Waals surface area contributed by atoms with Gasteiger partial charge in [-0.15, -0.1) is 0 Å². The fourth-order valence-corrected chi connectivity index (χ4v) is 3.94. The third kappa shape index (κ3) is 2.72. The van der Waals surface area contributed by atoms with Gasteiger partial charge in [0.05, 0.1) is 13.0 Å². The highest BCUT2D eigenvalue weighted by atomic mass is 35.5. The minimum absolute atomic E-state index is 0.0396. The normalized spacial score (nSPS) is 20.4. The predicted molar refractivity (Wildman–Crippen MR) is 68.1 cm³/mol. The number of ether oxygens (including phenoxy) is 1. The Kier molecular flexibility index (Phi) is 4.07. The van der Waals surface area contributed by atoms with Crippen LogP contribution in [0.1, 0.15) is 6.42 Å². The van der Waals surface area contributed by atoms with Gasteiger partial charge in [-0.25, -0.2) is 13.4 Å². The Morgan fingerprint density at radius 2 is 2.32 bits per heavy atom. The molecule has 0 radical (unpaired) electrons. The van der Waals surface area contributed by atoms with Gasteiger partial charge in [0, 0.05) is 19.3 Å². The van der Waals surface area contributed by atoms with Crippen LogP contribution in [0, 0.1) is 5.92 Å². The molecule has 1 aliphatic heterocycles. The maximum atomic E-state index is 12.4. The number of halogens is 1. The largest absolute Gasteiger partial charge is 0.469 e. The van der Waals surface area contributed by atoms with Gasteiger partial charge < -0.3 is 4.74 Å². The maximum absolute atomic E-state index is 12.4. The second-order valence-electron chi connectivity index (χ2n) is 4.16. The first-order valence-corrected chi connectivity index (χ1v) is 7.47. The summed E-state index contributed by atoms with van der Waals surface area (Å²) in [7, 11) is -2.42. The number of hydrogen-bond donors (Lipinski definition) is 0. The van der Waals surface area contributed by atoms with E-state index in [1.165, 1.54) is 29.7 Å². The van der Waals surface area contributed by atoms with Crippen molar-refractivity contribution in [1.82, 2.24) is 9.29 Å². The lowest BCUT2D eigenvalue weighted by atomic mass is 10.1. The van der Waals surface area contributed by atoms with Crippen molar-refractivity contribution in [3.05, 3.63) is 23.5 Å². The van der Waals surface area contributed by atoms with Crippen LogP contribution < -0.4 is 0 Å². The van der Waals surface area contributed by atoms with Crippen molar-refractivity contribution < 1.29 is 17.9 Å². The van der Waals surface area contributed by atoms with Crippen LogP contribution in [0.25, 0.3) is 0 Å². The average Bonchev–Trinajstić information content (AvgIpc) is 2.88. The lowest BCUT2D eigenvalue weighted by Gasteiger charge is -2.16. The topological polar surface area (TPSA) is 76.6 Å². The molecule has 1 aromatic heterocycles. The van der Waals surface area contributed by atoms with Crippen LogP contribution in [0.5, 0.6) is 0 Å². The lowest BCUT2D eigenvalue weighted by Crippen LogP contribution is -2.30. The Balaban J connectivity index is 2.24. The zero-order valence-corrected chi connectivity index (χ0v) is 11.8. The number of nitrogens with zero attached hydrogens (tertiary/aromatic N) is 2. The quantitative estimate of drug-likeness (QED) is 0.613. The molecule has 1 unspecified atom stereocenters. The van der Waals surface area contributed by atoms with Gasteiger partial charge in [0.25, 0.3) is 0 Å². The first-order chi connectivity index (χ1) is 8.96. The molecule has 8 heteroatoms. The molecule has 19 heavy (non-hydrogen) atoms. The van der Waals surface area contributed by atoms with Gasteiger partial charge in [0.15, 0.2) is 0 Å². The number of rotatable bonds is 3. The molecule has 104 valence electrons. The number of carbonyl (C=O) groups excluding carboxylic acids is 1. The molecule has 6 nitrogen and oxygen atoms in total. The van der Waals surface area contributed by atoms with Gasteiger partial charge in [-0.1, -0.05) is 11.6 Å². The number of carbonyl (C=O) groups is 1. The number of aromatic nitrogens is 1. The Morgan fingerprint density at radius 3 is 2.95 bits per heavy atom. The summed E-state index contributed by atoms with van der Waals surface area (Å²) in [6.45, 7) is 0.382. The molecule has 2 heterocycles. The van der Waals surface area contributed by atoms with E-state index >= 15 is 0 Å². The van der Waals surface area contributed by atoms with Gasteiger partial charge in [-0.05, 0) is 18.6 Å². The van der Waals surface area contributed by atoms with E-state index in [0.717, 1.165) is 0 Å². The standard InChI is InChI=1S/C11H13ClN2O4S/c1-18-11(15)8-4-6-14(7-8)19(16,17)9-3-2-5-13-10(9)12/h2-3,5,8H,4,6-7H2,1H3. The third-order valence-electron chi connectivity index (χ3n) is 3.03. The summed E-state index contributed by atoms with van der Waals surface area (Å²) in [5, 5.41) is -0.0657. The Hall–Kier alpha value is -1.18. The molecule has 1 aliphatic rings. The summed E-state index contributed by atoms with van der Waals surface area (Å²) in [5.41, 5.74) is 0. The van der Waals surface area contributed by atoms with Crippen molar-refractivity contribution in [3.8, 4) is 0 Å². The monoisotopic (exact) mass is 304 g/mol. The van der Waals surface area contributed by atoms with E-state index in [2.05, 4.69) is 9.72 Å². The van der Waals surface area contributed by atoms with E-state index in [-0.39, 0.29) is 23.1 Å². The van der Waals surface area contributed by atoms with Crippen LogP contribution in [-0.4, -0.2) is 43.9 Å². The predicted octanol–water partition coefficient (Wildman–Crippen LogP) is 0.919. The second-order valence-corrected chi connectivity index (χ2v) is 6.43. The molecule has 0 spiro atoms. The first kappa shape index (κ1) is 14.2. The highest BCUT2D eigenvalue weighted by Gasteiger charge is 2.37. The summed E-state index contributed by atoms with van der Waals surface area (Å²) in [6.07, 6.45) is 1.87.